The second-order valence-electron chi connectivity index (χ2n) is 7.04. The molecule has 0 aromatic heterocycles. The van der Waals surface area contributed by atoms with Crippen molar-refractivity contribution in [3.63, 3.8) is 0 Å². The van der Waals surface area contributed by atoms with Crippen LogP contribution in [0.3, 0.4) is 0 Å². The third-order valence-electron chi connectivity index (χ3n) is 5.95. The topological polar surface area (TPSA) is 12.0 Å². The van der Waals surface area contributed by atoms with Gasteiger partial charge in [-0.05, 0) is 43.1 Å². The van der Waals surface area contributed by atoms with Gasteiger partial charge >= 0.3 is 0 Å². The lowest BCUT2D eigenvalue weighted by Crippen LogP contribution is -2.55. The van der Waals surface area contributed by atoms with Crippen LogP contribution < -0.4 is 5.32 Å². The first-order valence-corrected chi connectivity index (χ1v) is 8.18. The summed E-state index contributed by atoms with van der Waals surface area (Å²) in [5, 5.41) is 4.00. The minimum absolute atomic E-state index is 0.710. The van der Waals surface area contributed by atoms with Crippen molar-refractivity contribution in [2.75, 3.05) is 0 Å². The molecule has 3 fully saturated rings. The van der Waals surface area contributed by atoms with Gasteiger partial charge in [-0.2, -0.15) is 0 Å². The number of hydrogen-bond donors (Lipinski definition) is 1. The van der Waals surface area contributed by atoms with Crippen LogP contribution in [0.1, 0.15) is 62.8 Å². The summed E-state index contributed by atoms with van der Waals surface area (Å²) in [5.74, 6) is 0.794. The van der Waals surface area contributed by atoms with Gasteiger partial charge in [-0.3, -0.25) is 0 Å². The monoisotopic (exact) mass is 255 g/mol. The van der Waals surface area contributed by atoms with Crippen molar-refractivity contribution < 1.29 is 0 Å². The van der Waals surface area contributed by atoms with E-state index < -0.39 is 0 Å². The molecular formula is C18H25N. The van der Waals surface area contributed by atoms with Gasteiger partial charge in [0.1, 0.15) is 0 Å². The van der Waals surface area contributed by atoms with E-state index in [1.54, 1.807) is 0 Å². The summed E-state index contributed by atoms with van der Waals surface area (Å²) in [4.78, 5) is 0. The molecule has 0 aliphatic heterocycles. The van der Waals surface area contributed by atoms with Crippen molar-refractivity contribution in [2.24, 2.45) is 5.41 Å². The Morgan fingerprint density at radius 2 is 1.74 bits per heavy atom. The molecular weight excluding hydrogens is 230 g/mol. The first kappa shape index (κ1) is 12.0. The van der Waals surface area contributed by atoms with Crippen LogP contribution in [0.25, 0.3) is 0 Å². The standard InChI is InChI=1S/C18H25N/c1-3-7-14(8-4-1)15-13-16(15)19-17-9-12-18(17)10-5-2-6-11-18/h1,3-4,7-8,15-17,19H,2,5-6,9-13H2. The molecule has 3 atom stereocenters. The molecule has 0 heterocycles. The lowest BCUT2D eigenvalue weighted by atomic mass is 9.57. The molecule has 3 unspecified atom stereocenters. The van der Waals surface area contributed by atoms with Crippen molar-refractivity contribution in [1.29, 1.82) is 0 Å². The first-order chi connectivity index (χ1) is 9.37. The molecule has 1 spiro atoms. The lowest BCUT2D eigenvalue weighted by molar-refractivity contribution is 0.0218. The molecule has 0 radical (unpaired) electrons. The predicted molar refractivity (Wildman–Crippen MR) is 79.3 cm³/mol. The van der Waals surface area contributed by atoms with Gasteiger partial charge in [0.05, 0.1) is 0 Å². The van der Waals surface area contributed by atoms with E-state index in [9.17, 15) is 0 Å². The van der Waals surface area contributed by atoms with Gasteiger partial charge < -0.3 is 5.32 Å². The second-order valence-corrected chi connectivity index (χ2v) is 7.04. The lowest BCUT2D eigenvalue weighted by Gasteiger charge is -2.53. The number of rotatable bonds is 3. The zero-order chi connectivity index (χ0) is 12.7. The molecule has 3 aliphatic rings. The van der Waals surface area contributed by atoms with Gasteiger partial charge in [0, 0.05) is 18.0 Å². The highest BCUT2D eigenvalue weighted by Gasteiger charge is 2.50. The Balaban J connectivity index is 1.36. The van der Waals surface area contributed by atoms with Gasteiger partial charge in [0.2, 0.25) is 0 Å². The minimum Gasteiger partial charge on any atom is -0.310 e. The molecule has 0 saturated heterocycles. The average Bonchev–Trinajstić information content (AvgIpc) is 3.25. The summed E-state index contributed by atoms with van der Waals surface area (Å²) in [7, 11) is 0. The van der Waals surface area contributed by atoms with E-state index in [0.717, 1.165) is 18.0 Å². The smallest absolute Gasteiger partial charge is 0.0146 e. The van der Waals surface area contributed by atoms with Crippen LogP contribution in [0.5, 0.6) is 0 Å². The molecule has 3 saturated carbocycles. The SMILES string of the molecule is c1ccc(C2CC2NC2CCC23CCCCC3)cc1. The third kappa shape index (κ3) is 2.12. The highest BCUT2D eigenvalue weighted by Crippen LogP contribution is 2.53. The summed E-state index contributed by atoms with van der Waals surface area (Å²) in [6.07, 6.45) is 11.7. The fraction of sp³-hybridized carbons (Fsp3) is 0.667. The molecule has 0 amide bonds. The van der Waals surface area contributed by atoms with Gasteiger partial charge in [-0.15, -0.1) is 0 Å². The zero-order valence-corrected chi connectivity index (χ0v) is 11.8. The fourth-order valence-corrected chi connectivity index (χ4v) is 4.52. The van der Waals surface area contributed by atoms with Crippen LogP contribution in [0, 0.1) is 5.41 Å². The Labute approximate surface area is 116 Å². The molecule has 1 N–H and O–H groups in total. The van der Waals surface area contributed by atoms with Crippen LogP contribution in [0.2, 0.25) is 0 Å². The first-order valence-electron chi connectivity index (χ1n) is 8.18. The quantitative estimate of drug-likeness (QED) is 0.851. The number of benzene rings is 1. The van der Waals surface area contributed by atoms with Crippen molar-refractivity contribution in [2.45, 2.75) is 69.4 Å². The second kappa shape index (κ2) is 4.63. The van der Waals surface area contributed by atoms with Crippen LogP contribution in [0.15, 0.2) is 30.3 Å². The predicted octanol–water partition coefficient (Wildman–Crippen LogP) is 4.25. The van der Waals surface area contributed by atoms with Crippen LogP contribution in [0.4, 0.5) is 0 Å². The molecule has 102 valence electrons. The molecule has 0 bridgehead atoms. The Morgan fingerprint density at radius 3 is 2.42 bits per heavy atom. The van der Waals surface area contributed by atoms with E-state index in [-0.39, 0.29) is 0 Å². The molecule has 19 heavy (non-hydrogen) atoms. The average molecular weight is 255 g/mol. The summed E-state index contributed by atoms with van der Waals surface area (Å²) in [6, 6.07) is 12.7. The number of hydrogen-bond acceptors (Lipinski definition) is 1. The van der Waals surface area contributed by atoms with Crippen molar-refractivity contribution in [3.05, 3.63) is 35.9 Å². The molecule has 1 aromatic rings. The molecule has 3 aliphatic carbocycles. The van der Waals surface area contributed by atoms with Crippen molar-refractivity contribution in [3.8, 4) is 0 Å². The van der Waals surface area contributed by atoms with Crippen molar-refractivity contribution in [1.82, 2.24) is 5.32 Å². The van der Waals surface area contributed by atoms with Gasteiger partial charge in [0.25, 0.3) is 0 Å². The molecule has 1 nitrogen and oxygen atoms in total. The van der Waals surface area contributed by atoms with Crippen LogP contribution in [-0.2, 0) is 0 Å². The van der Waals surface area contributed by atoms with E-state index in [0.29, 0.717) is 5.41 Å². The fourth-order valence-electron chi connectivity index (χ4n) is 4.52. The molecule has 1 heteroatoms. The van der Waals surface area contributed by atoms with Gasteiger partial charge in [0.15, 0.2) is 0 Å². The Bertz CT molecular complexity index is 432. The Hall–Kier alpha value is -0.820. The highest BCUT2D eigenvalue weighted by molar-refractivity contribution is 5.28. The summed E-state index contributed by atoms with van der Waals surface area (Å²) in [6.45, 7) is 0. The third-order valence-corrected chi connectivity index (χ3v) is 5.95. The Morgan fingerprint density at radius 1 is 0.947 bits per heavy atom. The highest BCUT2D eigenvalue weighted by atomic mass is 15.0. The normalized spacial score (nSPS) is 35.9. The van der Waals surface area contributed by atoms with Gasteiger partial charge in [-0.25, -0.2) is 0 Å². The van der Waals surface area contributed by atoms with Gasteiger partial charge in [-0.1, -0.05) is 49.6 Å². The molecule has 1 aromatic carbocycles. The van der Waals surface area contributed by atoms with E-state index >= 15 is 0 Å². The summed E-state index contributed by atoms with van der Waals surface area (Å²) < 4.78 is 0. The Kier molecular flexibility index (Phi) is 2.91. The van der Waals surface area contributed by atoms with Crippen molar-refractivity contribution >= 4 is 0 Å². The maximum Gasteiger partial charge on any atom is 0.0146 e. The van der Waals surface area contributed by atoms with E-state index in [2.05, 4.69) is 35.6 Å². The maximum absolute atomic E-state index is 4.00. The molecule has 4 rings (SSSR count). The summed E-state index contributed by atoms with van der Waals surface area (Å²) in [5.41, 5.74) is 2.25. The van der Waals surface area contributed by atoms with Crippen LogP contribution in [-0.4, -0.2) is 12.1 Å². The maximum atomic E-state index is 4.00. The summed E-state index contributed by atoms with van der Waals surface area (Å²) >= 11 is 0. The largest absolute Gasteiger partial charge is 0.310 e. The minimum atomic E-state index is 0.710. The van der Waals surface area contributed by atoms with E-state index in [4.69, 9.17) is 0 Å². The van der Waals surface area contributed by atoms with Crippen LogP contribution >= 0.6 is 0 Å². The van der Waals surface area contributed by atoms with E-state index in [1.807, 2.05) is 0 Å². The van der Waals surface area contributed by atoms with E-state index in [1.165, 1.54) is 56.9 Å². The number of nitrogens with one attached hydrogen (secondary N) is 1. The zero-order valence-electron chi connectivity index (χ0n) is 11.8.